The van der Waals surface area contributed by atoms with Crippen molar-refractivity contribution in [3.8, 4) is 0 Å². The van der Waals surface area contributed by atoms with Crippen LogP contribution in [0, 0.1) is 0 Å². The van der Waals surface area contributed by atoms with Gasteiger partial charge < -0.3 is 5.32 Å². The van der Waals surface area contributed by atoms with E-state index in [0.29, 0.717) is 5.02 Å². The Hall–Kier alpha value is -1.36. The molecule has 0 bridgehead atoms. The minimum absolute atomic E-state index is 0.687. The van der Waals surface area contributed by atoms with Crippen molar-refractivity contribution < 1.29 is 0 Å². The van der Waals surface area contributed by atoms with Gasteiger partial charge in [-0.25, -0.2) is 0 Å². The highest BCUT2D eigenvalue weighted by atomic mass is 35.5. The lowest BCUT2D eigenvalue weighted by Gasteiger charge is -2.06. The van der Waals surface area contributed by atoms with E-state index < -0.39 is 0 Å². The molecule has 0 atom stereocenters. The van der Waals surface area contributed by atoms with Gasteiger partial charge in [-0.2, -0.15) is 5.10 Å². The molecule has 3 aromatic rings. The molecule has 1 aliphatic rings. The van der Waals surface area contributed by atoms with Gasteiger partial charge in [-0.1, -0.05) is 29.8 Å². The summed E-state index contributed by atoms with van der Waals surface area (Å²) in [5.74, 6) is 0. The number of hydrogen-bond acceptors (Lipinski definition) is 3. The number of benzene rings is 1. The average Bonchev–Trinajstić information content (AvgIpc) is 3.14. The van der Waals surface area contributed by atoms with Crippen LogP contribution in [0.25, 0.3) is 10.1 Å². The summed E-state index contributed by atoms with van der Waals surface area (Å²) >= 11 is 7.86. The van der Waals surface area contributed by atoms with Gasteiger partial charge in [0.05, 0.1) is 17.8 Å². The highest BCUT2D eigenvalue weighted by molar-refractivity contribution is 7.19. The van der Waals surface area contributed by atoms with Crippen LogP contribution < -0.4 is 5.32 Å². The van der Waals surface area contributed by atoms with Gasteiger partial charge >= 0.3 is 0 Å². The van der Waals surface area contributed by atoms with Crippen molar-refractivity contribution in [2.24, 2.45) is 0 Å². The fraction of sp³-hybridized carbons (Fsp3) is 0.312. The van der Waals surface area contributed by atoms with Crippen LogP contribution in [0.2, 0.25) is 5.02 Å². The summed E-state index contributed by atoms with van der Waals surface area (Å²) in [4.78, 5) is 1.41. The molecule has 21 heavy (non-hydrogen) atoms. The molecule has 0 spiro atoms. The van der Waals surface area contributed by atoms with E-state index in [-0.39, 0.29) is 0 Å². The third-order valence-corrected chi connectivity index (χ3v) is 5.24. The molecule has 1 aromatic carbocycles. The van der Waals surface area contributed by atoms with Gasteiger partial charge in [0.2, 0.25) is 0 Å². The Kier molecular flexibility index (Phi) is 3.45. The number of aromatic nitrogens is 2. The Balaban J connectivity index is 1.70. The maximum Gasteiger partial charge on any atom is 0.0785 e. The molecule has 1 saturated carbocycles. The van der Waals surface area contributed by atoms with Crippen molar-refractivity contribution >= 4 is 33.0 Å². The van der Waals surface area contributed by atoms with Gasteiger partial charge in [0.25, 0.3) is 0 Å². The Bertz CT molecular complexity index is 773. The van der Waals surface area contributed by atoms with Gasteiger partial charge in [-0.05, 0) is 29.9 Å². The van der Waals surface area contributed by atoms with Crippen molar-refractivity contribution in [1.29, 1.82) is 0 Å². The minimum atomic E-state index is 0.687. The average molecular weight is 318 g/mol. The second-order valence-electron chi connectivity index (χ2n) is 5.51. The molecule has 108 valence electrons. The molecule has 0 amide bonds. The Labute approximate surface area is 132 Å². The van der Waals surface area contributed by atoms with Gasteiger partial charge in [0.1, 0.15) is 0 Å². The normalized spacial score (nSPS) is 14.9. The number of rotatable bonds is 5. The zero-order valence-corrected chi connectivity index (χ0v) is 13.1. The molecule has 0 aliphatic heterocycles. The number of fused-ring (bicyclic) bond motifs is 1. The highest BCUT2D eigenvalue weighted by Crippen LogP contribution is 2.32. The number of hydrogen-bond donors (Lipinski definition) is 1. The minimum Gasteiger partial charge on any atom is -0.309 e. The quantitative estimate of drug-likeness (QED) is 0.769. The second-order valence-corrected chi connectivity index (χ2v) is 7.08. The zero-order valence-electron chi connectivity index (χ0n) is 11.6. The highest BCUT2D eigenvalue weighted by Gasteiger charge is 2.21. The van der Waals surface area contributed by atoms with E-state index >= 15 is 0 Å². The molecule has 4 rings (SSSR count). The number of nitrogens with one attached hydrogen (secondary N) is 1. The van der Waals surface area contributed by atoms with Gasteiger partial charge in [-0.3, -0.25) is 4.68 Å². The second kappa shape index (κ2) is 5.44. The predicted molar refractivity (Wildman–Crippen MR) is 88.0 cm³/mol. The zero-order chi connectivity index (χ0) is 14.2. The van der Waals surface area contributed by atoms with Crippen molar-refractivity contribution in [3.05, 3.63) is 52.1 Å². The Morgan fingerprint density at radius 1 is 1.33 bits per heavy atom. The number of nitrogens with zero attached hydrogens (tertiary/aromatic N) is 2. The van der Waals surface area contributed by atoms with Crippen molar-refractivity contribution in [2.45, 2.75) is 32.0 Å². The van der Waals surface area contributed by atoms with E-state index in [1.807, 2.05) is 22.2 Å². The lowest BCUT2D eigenvalue weighted by molar-refractivity contribution is 0.664. The van der Waals surface area contributed by atoms with Crippen molar-refractivity contribution in [3.63, 3.8) is 0 Å². The fourth-order valence-electron chi connectivity index (χ4n) is 2.58. The van der Waals surface area contributed by atoms with Crippen LogP contribution in [0.5, 0.6) is 0 Å². The van der Waals surface area contributed by atoms with E-state index in [0.717, 1.165) is 19.1 Å². The van der Waals surface area contributed by atoms with Crippen molar-refractivity contribution in [1.82, 2.24) is 15.1 Å². The third kappa shape index (κ3) is 2.84. The molecule has 1 aliphatic carbocycles. The van der Waals surface area contributed by atoms with Crippen LogP contribution >= 0.6 is 22.9 Å². The summed E-state index contributed by atoms with van der Waals surface area (Å²) in [5, 5.41) is 9.96. The molecule has 5 heteroatoms. The Morgan fingerprint density at radius 2 is 2.19 bits per heavy atom. The third-order valence-electron chi connectivity index (χ3n) is 3.83. The van der Waals surface area contributed by atoms with Gasteiger partial charge in [0, 0.05) is 28.4 Å². The number of thiophene rings is 1. The molecule has 1 fully saturated rings. The molecule has 2 heterocycles. The van der Waals surface area contributed by atoms with Crippen molar-refractivity contribution in [2.75, 3.05) is 0 Å². The number of halogens is 1. The SMILES string of the molecule is Clc1cnn(Cc2c(CNC3CC3)sc3ccccc23)c1. The molecule has 0 radical (unpaired) electrons. The summed E-state index contributed by atoms with van der Waals surface area (Å²) in [6.07, 6.45) is 6.20. The summed E-state index contributed by atoms with van der Waals surface area (Å²) in [7, 11) is 0. The predicted octanol–water partition coefficient (Wildman–Crippen LogP) is 4.05. The first kappa shape index (κ1) is 13.3. The largest absolute Gasteiger partial charge is 0.309 e. The standard InChI is InChI=1S/C16H16ClN3S/c17-11-7-19-20(9-11)10-14-13-3-1-2-4-15(13)21-16(14)8-18-12-5-6-12/h1-4,7,9,12,18H,5-6,8,10H2. The first-order valence-corrected chi connectivity index (χ1v) is 8.39. The van der Waals surface area contributed by atoms with Crippen LogP contribution in [0.15, 0.2) is 36.7 Å². The van der Waals surface area contributed by atoms with Crippen LogP contribution in [0.4, 0.5) is 0 Å². The maximum absolute atomic E-state index is 5.98. The first-order chi connectivity index (χ1) is 10.3. The topological polar surface area (TPSA) is 29.9 Å². The van der Waals surface area contributed by atoms with E-state index in [9.17, 15) is 0 Å². The first-order valence-electron chi connectivity index (χ1n) is 7.20. The molecular weight excluding hydrogens is 302 g/mol. The molecule has 2 aromatic heterocycles. The monoisotopic (exact) mass is 317 g/mol. The lowest BCUT2D eigenvalue weighted by atomic mass is 10.1. The molecular formula is C16H16ClN3S. The maximum atomic E-state index is 5.98. The van der Waals surface area contributed by atoms with E-state index in [2.05, 4.69) is 34.7 Å². The van der Waals surface area contributed by atoms with Gasteiger partial charge in [-0.15, -0.1) is 11.3 Å². The molecule has 1 N–H and O–H groups in total. The summed E-state index contributed by atoms with van der Waals surface area (Å²) in [5.41, 5.74) is 1.36. The molecule has 3 nitrogen and oxygen atoms in total. The summed E-state index contributed by atoms with van der Waals surface area (Å²) in [6, 6.07) is 9.33. The molecule has 0 saturated heterocycles. The van der Waals surface area contributed by atoms with E-state index in [1.165, 1.54) is 33.4 Å². The van der Waals surface area contributed by atoms with E-state index in [1.54, 1.807) is 6.20 Å². The van der Waals surface area contributed by atoms with Crippen LogP contribution in [-0.4, -0.2) is 15.8 Å². The van der Waals surface area contributed by atoms with Crippen LogP contribution in [0.1, 0.15) is 23.3 Å². The smallest absolute Gasteiger partial charge is 0.0785 e. The summed E-state index contributed by atoms with van der Waals surface area (Å²) < 4.78 is 3.26. The van der Waals surface area contributed by atoms with E-state index in [4.69, 9.17) is 11.6 Å². The lowest BCUT2D eigenvalue weighted by Crippen LogP contribution is -2.16. The summed E-state index contributed by atoms with van der Waals surface area (Å²) in [6.45, 7) is 1.73. The van der Waals surface area contributed by atoms with Crippen LogP contribution in [-0.2, 0) is 13.1 Å². The Morgan fingerprint density at radius 3 is 2.95 bits per heavy atom. The van der Waals surface area contributed by atoms with Crippen LogP contribution in [0.3, 0.4) is 0 Å². The fourth-order valence-corrected chi connectivity index (χ4v) is 3.90. The van der Waals surface area contributed by atoms with Gasteiger partial charge in [0.15, 0.2) is 0 Å². The molecule has 0 unspecified atom stereocenters.